The number of amides is 2. The van der Waals surface area contributed by atoms with Gasteiger partial charge in [0.2, 0.25) is 0 Å². The summed E-state index contributed by atoms with van der Waals surface area (Å²) in [6.45, 7) is 2.41. The van der Waals surface area contributed by atoms with Crippen molar-refractivity contribution in [2.24, 2.45) is 0 Å². The van der Waals surface area contributed by atoms with Crippen LogP contribution in [0.3, 0.4) is 0 Å². The Bertz CT molecular complexity index is 573. The van der Waals surface area contributed by atoms with E-state index in [1.807, 2.05) is 31.2 Å². The molecule has 0 saturated heterocycles. The quantitative estimate of drug-likeness (QED) is 0.784. The predicted octanol–water partition coefficient (Wildman–Crippen LogP) is 3.28. The van der Waals surface area contributed by atoms with Crippen LogP contribution >= 0.6 is 11.6 Å². The van der Waals surface area contributed by atoms with Gasteiger partial charge in [0, 0.05) is 12.6 Å². The Labute approximate surface area is 123 Å². The second kappa shape index (κ2) is 6.53. The summed E-state index contributed by atoms with van der Waals surface area (Å²) in [5.41, 5.74) is 2.08. The van der Waals surface area contributed by atoms with E-state index in [2.05, 4.69) is 0 Å². The molecule has 104 valence electrons. The first kappa shape index (κ1) is 14.5. The zero-order valence-corrected chi connectivity index (χ0v) is 12.1. The van der Waals surface area contributed by atoms with Crippen LogP contribution in [0.2, 0.25) is 0 Å². The number of imide groups is 1. The highest BCUT2D eigenvalue weighted by atomic mass is 35.5. The van der Waals surface area contributed by atoms with E-state index in [0.29, 0.717) is 6.54 Å². The van der Waals surface area contributed by atoms with Gasteiger partial charge in [-0.3, -0.25) is 14.5 Å². The van der Waals surface area contributed by atoms with Crippen LogP contribution in [0.15, 0.2) is 41.4 Å². The number of benzene rings is 1. The van der Waals surface area contributed by atoms with Crippen LogP contribution in [0, 0.1) is 6.92 Å². The minimum absolute atomic E-state index is 0.125. The smallest absolute Gasteiger partial charge is 0.271 e. The minimum atomic E-state index is -0.414. The van der Waals surface area contributed by atoms with Crippen molar-refractivity contribution in [3.05, 3.63) is 52.6 Å². The van der Waals surface area contributed by atoms with Crippen LogP contribution in [-0.4, -0.2) is 23.3 Å². The Morgan fingerprint density at radius 3 is 2.70 bits per heavy atom. The lowest BCUT2D eigenvalue weighted by Gasteiger charge is -2.16. The molecule has 1 aromatic rings. The molecule has 0 spiro atoms. The maximum atomic E-state index is 12.1. The molecule has 1 aromatic carbocycles. The molecule has 0 atom stereocenters. The van der Waals surface area contributed by atoms with E-state index in [1.165, 1.54) is 11.0 Å². The van der Waals surface area contributed by atoms with E-state index in [4.69, 9.17) is 11.6 Å². The van der Waals surface area contributed by atoms with Crippen molar-refractivity contribution in [3.8, 4) is 0 Å². The van der Waals surface area contributed by atoms with E-state index in [0.717, 1.165) is 24.0 Å². The third kappa shape index (κ3) is 3.58. The lowest BCUT2D eigenvalue weighted by atomic mass is 10.1. The molecule has 0 unspecified atom stereocenters. The highest BCUT2D eigenvalue weighted by Gasteiger charge is 2.23. The highest BCUT2D eigenvalue weighted by Crippen LogP contribution is 2.15. The summed E-state index contributed by atoms with van der Waals surface area (Å²) in [6, 6.07) is 7.80. The molecule has 1 aliphatic heterocycles. The zero-order valence-electron chi connectivity index (χ0n) is 11.3. The summed E-state index contributed by atoms with van der Waals surface area (Å²) < 4.78 is 0. The first-order chi connectivity index (χ1) is 9.58. The molecule has 4 heteroatoms. The zero-order chi connectivity index (χ0) is 14.5. The van der Waals surface area contributed by atoms with Gasteiger partial charge in [-0.25, -0.2) is 0 Å². The molecule has 0 bridgehead atoms. The Morgan fingerprint density at radius 1 is 1.30 bits per heavy atom. The molecule has 0 fully saturated rings. The van der Waals surface area contributed by atoms with Gasteiger partial charge >= 0.3 is 0 Å². The number of nitrogens with zero attached hydrogens (tertiary/aromatic N) is 1. The van der Waals surface area contributed by atoms with Gasteiger partial charge in [0.25, 0.3) is 11.8 Å². The maximum absolute atomic E-state index is 12.1. The van der Waals surface area contributed by atoms with Gasteiger partial charge in [0.15, 0.2) is 0 Å². The van der Waals surface area contributed by atoms with Crippen molar-refractivity contribution >= 4 is 29.5 Å². The Kier molecular flexibility index (Phi) is 4.74. The number of carbonyl (C=O) groups is 2. The summed E-state index contributed by atoms with van der Waals surface area (Å²) >= 11 is 5.84. The Morgan fingerprint density at radius 2 is 2.00 bits per heavy atom. The van der Waals surface area contributed by atoms with Gasteiger partial charge in [-0.05, 0) is 31.4 Å². The van der Waals surface area contributed by atoms with Crippen molar-refractivity contribution in [1.82, 2.24) is 4.90 Å². The second-order valence-corrected chi connectivity index (χ2v) is 5.14. The molecule has 1 heterocycles. The molecule has 2 amide bonds. The molecule has 20 heavy (non-hydrogen) atoms. The van der Waals surface area contributed by atoms with Crippen molar-refractivity contribution < 1.29 is 9.59 Å². The van der Waals surface area contributed by atoms with Gasteiger partial charge in [-0.15, -0.1) is 0 Å². The molecule has 0 saturated carbocycles. The highest BCUT2D eigenvalue weighted by molar-refractivity contribution is 6.43. The minimum Gasteiger partial charge on any atom is -0.274 e. The second-order valence-electron chi connectivity index (χ2n) is 4.73. The fourth-order valence-electron chi connectivity index (χ4n) is 1.94. The predicted molar refractivity (Wildman–Crippen MR) is 80.1 cm³/mol. The summed E-state index contributed by atoms with van der Waals surface area (Å²) in [6.07, 6.45) is 6.25. The van der Waals surface area contributed by atoms with Gasteiger partial charge in [-0.2, -0.15) is 0 Å². The fourth-order valence-corrected chi connectivity index (χ4v) is 2.15. The average molecular weight is 290 g/mol. The largest absolute Gasteiger partial charge is 0.274 e. The fraction of sp³-hybridized carbons (Fsp3) is 0.250. The van der Waals surface area contributed by atoms with Crippen LogP contribution in [0.4, 0.5) is 0 Å². The van der Waals surface area contributed by atoms with E-state index >= 15 is 0 Å². The normalized spacial score (nSPS) is 16.2. The van der Waals surface area contributed by atoms with Crippen molar-refractivity contribution in [1.29, 1.82) is 0 Å². The van der Waals surface area contributed by atoms with E-state index in [9.17, 15) is 9.59 Å². The van der Waals surface area contributed by atoms with Gasteiger partial charge in [0.05, 0.1) is 0 Å². The Hall–Kier alpha value is -1.87. The molecule has 3 nitrogen and oxygen atoms in total. The topological polar surface area (TPSA) is 37.4 Å². The number of rotatable bonds is 2. The van der Waals surface area contributed by atoms with Crippen LogP contribution in [0.1, 0.15) is 24.0 Å². The first-order valence-electron chi connectivity index (χ1n) is 6.54. The number of allylic oxidation sites excluding steroid dienone is 1. The third-order valence-electron chi connectivity index (χ3n) is 3.12. The monoisotopic (exact) mass is 289 g/mol. The van der Waals surface area contributed by atoms with Gasteiger partial charge in [0.1, 0.15) is 5.03 Å². The Balaban J connectivity index is 2.09. The van der Waals surface area contributed by atoms with Crippen LogP contribution < -0.4 is 0 Å². The molecule has 0 aromatic heterocycles. The van der Waals surface area contributed by atoms with Crippen LogP contribution in [-0.2, 0) is 9.59 Å². The summed E-state index contributed by atoms with van der Waals surface area (Å²) in [4.78, 5) is 25.2. The first-order valence-corrected chi connectivity index (χ1v) is 6.92. The third-order valence-corrected chi connectivity index (χ3v) is 3.44. The summed E-state index contributed by atoms with van der Waals surface area (Å²) in [7, 11) is 0. The van der Waals surface area contributed by atoms with Gasteiger partial charge in [-0.1, -0.05) is 47.5 Å². The molecular formula is C16H16ClNO2. The van der Waals surface area contributed by atoms with Crippen molar-refractivity contribution in [2.75, 3.05) is 6.54 Å². The summed E-state index contributed by atoms with van der Waals surface area (Å²) in [5, 5.41) is 0.125. The van der Waals surface area contributed by atoms with Crippen LogP contribution in [0.25, 0.3) is 6.08 Å². The molecular weight excluding hydrogens is 274 g/mol. The van der Waals surface area contributed by atoms with E-state index in [-0.39, 0.29) is 10.9 Å². The van der Waals surface area contributed by atoms with Crippen LogP contribution in [0.5, 0.6) is 0 Å². The lowest BCUT2D eigenvalue weighted by Crippen LogP contribution is -2.35. The van der Waals surface area contributed by atoms with E-state index < -0.39 is 5.91 Å². The standard InChI is InChI=1S/C16H16ClNO2/c1-12-5-7-13(8-6-12)9-10-15(19)18-11-3-2-4-14(17)16(18)20/h4-10H,2-3,11H2,1H3/b10-9+. The number of hydrogen-bond donors (Lipinski definition) is 0. The van der Waals surface area contributed by atoms with Gasteiger partial charge < -0.3 is 0 Å². The molecule has 1 aliphatic rings. The number of hydrogen-bond acceptors (Lipinski definition) is 2. The average Bonchev–Trinajstić information content (AvgIpc) is 2.61. The van der Waals surface area contributed by atoms with E-state index in [1.54, 1.807) is 12.2 Å². The number of aryl methyl sites for hydroxylation is 1. The lowest BCUT2D eigenvalue weighted by molar-refractivity contribution is -0.138. The molecule has 2 rings (SSSR count). The SMILES string of the molecule is Cc1ccc(/C=C/C(=O)N2CCCC=C(Cl)C2=O)cc1. The molecule has 0 N–H and O–H groups in total. The number of halogens is 1. The molecule has 0 radical (unpaired) electrons. The van der Waals surface area contributed by atoms with Crippen molar-refractivity contribution in [3.63, 3.8) is 0 Å². The van der Waals surface area contributed by atoms with Crippen molar-refractivity contribution in [2.45, 2.75) is 19.8 Å². The summed E-state index contributed by atoms with van der Waals surface area (Å²) in [5.74, 6) is -0.744. The number of carbonyl (C=O) groups excluding carboxylic acids is 2. The maximum Gasteiger partial charge on any atom is 0.271 e. The molecule has 0 aliphatic carbocycles.